The Kier molecular flexibility index (Phi) is 5.98. The van der Waals surface area contributed by atoms with Gasteiger partial charge >= 0.3 is 0 Å². The number of ketones is 1. The van der Waals surface area contributed by atoms with E-state index in [1.54, 1.807) is 36.9 Å². The number of rotatable bonds is 4. The van der Waals surface area contributed by atoms with Gasteiger partial charge in [0.15, 0.2) is 5.78 Å². The highest BCUT2D eigenvalue weighted by molar-refractivity contribution is 6.06. The predicted octanol–water partition coefficient (Wildman–Crippen LogP) is 6.72. The van der Waals surface area contributed by atoms with E-state index in [0.29, 0.717) is 46.7 Å². The molecule has 3 aromatic rings. The monoisotopic (exact) mass is 499 g/mol. The van der Waals surface area contributed by atoms with Crippen LogP contribution in [-0.2, 0) is 9.59 Å². The van der Waals surface area contributed by atoms with Crippen molar-refractivity contribution in [3.8, 4) is 11.3 Å². The van der Waals surface area contributed by atoms with Crippen LogP contribution in [0.3, 0.4) is 0 Å². The molecule has 0 fully saturated rings. The van der Waals surface area contributed by atoms with Crippen molar-refractivity contribution in [1.29, 1.82) is 0 Å². The standard InChI is InChI=1S/C29H29N3O5/c1-5-26(34)31-22-9-7-6-8-20(22)30-21-15-29(3,4)16-23(33)27(21)28(31)25-13-12-24(37-25)19-11-10-18(32(35)36)14-17(19)2/h6-14,28,30H,5,15-16H2,1-4H3/t28-/m1/s1. The van der Waals surface area contributed by atoms with E-state index < -0.39 is 11.0 Å². The SMILES string of the molecule is CCC(=O)N1c2ccccc2NC2=C(C(=O)CC(C)(C)C2)[C@H]1c1ccc(-c2ccc([N+](=O)[O-])cc2C)o1. The largest absolute Gasteiger partial charge is 0.458 e. The van der Waals surface area contributed by atoms with Crippen LogP contribution in [0.4, 0.5) is 17.1 Å². The lowest BCUT2D eigenvalue weighted by Crippen LogP contribution is -2.39. The molecule has 8 nitrogen and oxygen atoms in total. The number of carbonyl (C=O) groups excluding carboxylic acids is 2. The molecule has 0 saturated heterocycles. The molecule has 1 atom stereocenters. The van der Waals surface area contributed by atoms with Crippen LogP contribution in [-0.4, -0.2) is 16.6 Å². The molecule has 0 spiro atoms. The van der Waals surface area contributed by atoms with Crippen LogP contribution in [0.25, 0.3) is 11.3 Å². The first-order valence-corrected chi connectivity index (χ1v) is 12.4. The molecule has 2 aromatic carbocycles. The summed E-state index contributed by atoms with van der Waals surface area (Å²) < 4.78 is 6.36. The number of aryl methyl sites for hydroxylation is 1. The van der Waals surface area contributed by atoms with Gasteiger partial charge in [0.1, 0.15) is 17.6 Å². The molecular weight excluding hydrogens is 470 g/mol. The number of fused-ring (bicyclic) bond motifs is 1. The number of furan rings is 1. The van der Waals surface area contributed by atoms with E-state index in [0.717, 1.165) is 11.4 Å². The van der Waals surface area contributed by atoms with E-state index >= 15 is 0 Å². The fraction of sp³-hybridized carbons (Fsp3) is 0.310. The summed E-state index contributed by atoms with van der Waals surface area (Å²) in [7, 11) is 0. The van der Waals surface area contributed by atoms with E-state index in [9.17, 15) is 19.7 Å². The summed E-state index contributed by atoms with van der Waals surface area (Å²) in [5.74, 6) is 0.834. The molecule has 2 heterocycles. The lowest BCUT2D eigenvalue weighted by molar-refractivity contribution is -0.384. The number of nitrogens with one attached hydrogen (secondary N) is 1. The second-order valence-corrected chi connectivity index (χ2v) is 10.5. The Morgan fingerprint density at radius 3 is 2.62 bits per heavy atom. The minimum absolute atomic E-state index is 0.00408. The van der Waals surface area contributed by atoms with Gasteiger partial charge in [0.05, 0.1) is 16.3 Å². The van der Waals surface area contributed by atoms with E-state index in [4.69, 9.17) is 4.42 Å². The Hall–Kier alpha value is -4.20. The van der Waals surface area contributed by atoms with Crippen molar-refractivity contribution in [3.63, 3.8) is 0 Å². The minimum atomic E-state index is -0.741. The fourth-order valence-electron chi connectivity index (χ4n) is 5.38. The molecule has 2 aliphatic rings. The van der Waals surface area contributed by atoms with Crippen molar-refractivity contribution >= 4 is 28.8 Å². The average molecular weight is 500 g/mol. The zero-order valence-electron chi connectivity index (χ0n) is 21.3. The Bertz CT molecular complexity index is 1470. The highest BCUT2D eigenvalue weighted by Gasteiger charge is 2.44. The van der Waals surface area contributed by atoms with E-state index in [1.165, 1.54) is 12.1 Å². The third kappa shape index (κ3) is 4.33. The first-order valence-electron chi connectivity index (χ1n) is 12.4. The van der Waals surface area contributed by atoms with E-state index in [-0.39, 0.29) is 29.2 Å². The van der Waals surface area contributed by atoms with Crippen LogP contribution in [0.5, 0.6) is 0 Å². The third-order valence-corrected chi connectivity index (χ3v) is 7.05. The maximum Gasteiger partial charge on any atom is 0.269 e. The summed E-state index contributed by atoms with van der Waals surface area (Å²) >= 11 is 0. The number of nitrogens with zero attached hydrogens (tertiary/aromatic N) is 2. The van der Waals surface area contributed by atoms with Crippen molar-refractivity contribution in [2.45, 2.75) is 53.0 Å². The van der Waals surface area contributed by atoms with Crippen molar-refractivity contribution in [2.75, 3.05) is 10.2 Å². The number of allylic oxidation sites excluding steroid dienone is 1. The Morgan fingerprint density at radius 2 is 1.92 bits per heavy atom. The normalized spacial score (nSPS) is 18.5. The van der Waals surface area contributed by atoms with Gasteiger partial charge in [-0.3, -0.25) is 24.6 Å². The van der Waals surface area contributed by atoms with Crippen LogP contribution >= 0.6 is 0 Å². The average Bonchev–Trinajstić information content (AvgIpc) is 3.26. The molecule has 1 aliphatic carbocycles. The molecule has 1 aromatic heterocycles. The van der Waals surface area contributed by atoms with E-state index in [2.05, 4.69) is 19.2 Å². The first-order chi connectivity index (χ1) is 17.6. The highest BCUT2D eigenvalue weighted by atomic mass is 16.6. The smallest absolute Gasteiger partial charge is 0.269 e. The number of nitro benzene ring substituents is 1. The number of hydrogen-bond acceptors (Lipinski definition) is 6. The van der Waals surface area contributed by atoms with Crippen molar-refractivity contribution in [1.82, 2.24) is 0 Å². The van der Waals surface area contributed by atoms with Crippen LogP contribution in [0, 0.1) is 22.5 Å². The summed E-state index contributed by atoms with van der Waals surface area (Å²) in [4.78, 5) is 39.6. The number of carbonyl (C=O) groups is 2. The summed E-state index contributed by atoms with van der Waals surface area (Å²) in [6.07, 6.45) is 1.27. The maximum atomic E-state index is 13.7. The van der Waals surface area contributed by atoms with Gasteiger partial charge < -0.3 is 9.73 Å². The van der Waals surface area contributed by atoms with Gasteiger partial charge in [-0.1, -0.05) is 32.9 Å². The van der Waals surface area contributed by atoms with Crippen LogP contribution in [0.2, 0.25) is 0 Å². The number of amides is 1. The second-order valence-electron chi connectivity index (χ2n) is 10.5. The Morgan fingerprint density at radius 1 is 1.16 bits per heavy atom. The molecule has 8 heteroatoms. The van der Waals surface area contributed by atoms with Crippen LogP contribution in [0.15, 0.2) is 70.3 Å². The van der Waals surface area contributed by atoms with Gasteiger partial charge in [-0.25, -0.2) is 0 Å². The molecule has 190 valence electrons. The molecule has 1 amide bonds. The molecule has 0 radical (unpaired) electrons. The van der Waals surface area contributed by atoms with Gasteiger partial charge in [-0.2, -0.15) is 0 Å². The molecule has 0 saturated carbocycles. The van der Waals surface area contributed by atoms with Crippen molar-refractivity contribution in [2.24, 2.45) is 5.41 Å². The lowest BCUT2D eigenvalue weighted by atomic mass is 9.74. The van der Waals surface area contributed by atoms with Crippen molar-refractivity contribution in [3.05, 3.63) is 87.3 Å². The topological polar surface area (TPSA) is 106 Å². The van der Waals surface area contributed by atoms with Gasteiger partial charge in [-0.15, -0.1) is 0 Å². The van der Waals surface area contributed by atoms with Gasteiger partial charge in [0, 0.05) is 41.8 Å². The zero-order chi connectivity index (χ0) is 26.5. The molecule has 37 heavy (non-hydrogen) atoms. The summed E-state index contributed by atoms with van der Waals surface area (Å²) in [5, 5.41) is 14.7. The number of hydrogen-bond donors (Lipinski definition) is 1. The Balaban J connectivity index is 1.70. The van der Waals surface area contributed by atoms with Crippen LogP contribution in [0.1, 0.15) is 57.4 Å². The number of nitro groups is 1. The highest BCUT2D eigenvalue weighted by Crippen LogP contribution is 2.49. The molecule has 5 rings (SSSR count). The number of non-ortho nitro benzene ring substituents is 1. The minimum Gasteiger partial charge on any atom is -0.458 e. The predicted molar refractivity (Wildman–Crippen MR) is 141 cm³/mol. The number of benzene rings is 2. The second kappa shape index (κ2) is 9.03. The molecule has 0 unspecified atom stereocenters. The fourth-order valence-corrected chi connectivity index (χ4v) is 5.38. The summed E-state index contributed by atoms with van der Waals surface area (Å²) in [6, 6.07) is 15.0. The zero-order valence-corrected chi connectivity index (χ0v) is 21.3. The maximum absolute atomic E-state index is 13.7. The quantitative estimate of drug-likeness (QED) is 0.316. The van der Waals surface area contributed by atoms with Crippen molar-refractivity contribution < 1.29 is 18.9 Å². The molecule has 1 N–H and O–H groups in total. The number of para-hydroxylation sites is 2. The number of anilines is 2. The molecular formula is C29H29N3O5. The number of Topliss-reactive ketones (excluding diaryl/α,β-unsaturated/α-hetero) is 1. The molecule has 1 aliphatic heterocycles. The first kappa shape index (κ1) is 24.5. The van der Waals surface area contributed by atoms with Crippen LogP contribution < -0.4 is 10.2 Å². The van der Waals surface area contributed by atoms with Gasteiger partial charge in [0.2, 0.25) is 5.91 Å². The van der Waals surface area contributed by atoms with Gasteiger partial charge in [-0.05, 0) is 54.7 Å². The van der Waals surface area contributed by atoms with E-state index in [1.807, 2.05) is 24.3 Å². The molecule has 0 bridgehead atoms. The summed E-state index contributed by atoms with van der Waals surface area (Å²) in [6.45, 7) is 7.73. The third-order valence-electron chi connectivity index (χ3n) is 7.05. The lowest BCUT2D eigenvalue weighted by Gasteiger charge is -2.36. The summed E-state index contributed by atoms with van der Waals surface area (Å²) in [5.41, 5.74) is 3.98. The van der Waals surface area contributed by atoms with Gasteiger partial charge in [0.25, 0.3) is 5.69 Å². The Labute approximate surface area is 215 Å².